The number of amides is 1. The molecule has 134 valence electrons. The van der Waals surface area contributed by atoms with E-state index in [9.17, 15) is 9.35 Å². The van der Waals surface area contributed by atoms with E-state index in [0.717, 1.165) is 43.2 Å². The van der Waals surface area contributed by atoms with E-state index in [4.69, 9.17) is 4.84 Å². The second-order valence-corrected chi connectivity index (χ2v) is 9.36. The van der Waals surface area contributed by atoms with Crippen molar-refractivity contribution < 1.29 is 14.2 Å². The molecule has 1 saturated carbocycles. The molecule has 7 heteroatoms. The number of allylic oxidation sites excluding steroid dienone is 1. The number of carbonyl (C=O) groups excluding carboxylic acids is 1. The van der Waals surface area contributed by atoms with Crippen molar-refractivity contribution in [3.05, 3.63) is 11.8 Å². The van der Waals surface area contributed by atoms with E-state index in [1.165, 1.54) is 12.8 Å². The van der Waals surface area contributed by atoms with Crippen LogP contribution in [0.4, 0.5) is 0 Å². The third-order valence-electron chi connectivity index (χ3n) is 5.74. The summed E-state index contributed by atoms with van der Waals surface area (Å²) >= 11 is -0.617. The Hall–Kier alpha value is -0.760. The van der Waals surface area contributed by atoms with Crippen molar-refractivity contribution in [3.8, 4) is 0 Å². The number of hydrogen-bond acceptors (Lipinski definition) is 5. The normalized spacial score (nSPS) is 40.2. The summed E-state index contributed by atoms with van der Waals surface area (Å²) in [6.07, 6.45) is 6.31. The Balaban J connectivity index is 1.29. The topological polar surface area (TPSA) is 76.7 Å². The van der Waals surface area contributed by atoms with Crippen LogP contribution in [0.1, 0.15) is 32.6 Å². The largest absolute Gasteiger partial charge is 0.616 e. The van der Waals surface area contributed by atoms with Crippen LogP contribution in [0.15, 0.2) is 11.8 Å². The molecule has 24 heavy (non-hydrogen) atoms. The van der Waals surface area contributed by atoms with Gasteiger partial charge >= 0.3 is 0 Å². The van der Waals surface area contributed by atoms with Gasteiger partial charge in [0.1, 0.15) is 23.3 Å². The quantitative estimate of drug-likeness (QED) is 0.721. The molecular formula is C17H27N3O3S. The maximum absolute atomic E-state index is 12.5. The summed E-state index contributed by atoms with van der Waals surface area (Å²) in [5.74, 6) is 3.55. The van der Waals surface area contributed by atoms with Gasteiger partial charge in [-0.25, -0.2) is 0 Å². The van der Waals surface area contributed by atoms with Gasteiger partial charge in [-0.15, -0.1) is 5.48 Å². The molecule has 3 aliphatic heterocycles. The van der Waals surface area contributed by atoms with Crippen molar-refractivity contribution in [1.82, 2.24) is 15.7 Å². The van der Waals surface area contributed by atoms with Crippen LogP contribution in [-0.2, 0) is 20.8 Å². The first kappa shape index (κ1) is 16.7. The maximum atomic E-state index is 12.5. The number of nitrogens with one attached hydrogen (secondary N) is 2. The molecule has 2 saturated heterocycles. The molecule has 2 N–H and O–H groups in total. The molecule has 0 aromatic carbocycles. The van der Waals surface area contributed by atoms with Gasteiger partial charge in [-0.2, -0.15) is 0 Å². The second-order valence-electron chi connectivity index (χ2n) is 7.67. The molecule has 3 fully saturated rings. The van der Waals surface area contributed by atoms with Crippen molar-refractivity contribution in [1.29, 1.82) is 0 Å². The van der Waals surface area contributed by atoms with Crippen LogP contribution in [0.3, 0.4) is 0 Å². The van der Waals surface area contributed by atoms with Crippen LogP contribution in [0.2, 0.25) is 0 Å². The number of hydrogen-bond donors (Lipinski definition) is 2. The van der Waals surface area contributed by atoms with E-state index >= 15 is 0 Å². The summed E-state index contributed by atoms with van der Waals surface area (Å²) < 4.78 is 11.5. The van der Waals surface area contributed by atoms with E-state index in [1.54, 1.807) is 0 Å². The average molecular weight is 353 g/mol. The highest BCUT2D eigenvalue weighted by Crippen LogP contribution is 2.38. The molecule has 0 bridgehead atoms. The minimum Gasteiger partial charge on any atom is -0.616 e. The highest BCUT2D eigenvalue weighted by Gasteiger charge is 2.39. The molecule has 1 aliphatic carbocycles. The Labute approximate surface area is 146 Å². The third kappa shape index (κ3) is 3.59. The summed E-state index contributed by atoms with van der Waals surface area (Å²) in [7, 11) is 0. The van der Waals surface area contributed by atoms with Crippen molar-refractivity contribution in [2.24, 2.45) is 11.8 Å². The fourth-order valence-electron chi connectivity index (χ4n) is 3.99. The molecule has 0 radical (unpaired) electrons. The summed E-state index contributed by atoms with van der Waals surface area (Å²) in [6.45, 7) is 4.12. The van der Waals surface area contributed by atoms with Crippen LogP contribution in [-0.4, -0.2) is 58.1 Å². The van der Waals surface area contributed by atoms with Crippen LogP contribution >= 0.6 is 0 Å². The molecule has 0 aromatic heterocycles. The Morgan fingerprint density at radius 3 is 2.79 bits per heavy atom. The van der Waals surface area contributed by atoms with Gasteiger partial charge in [0.05, 0.1) is 0 Å². The van der Waals surface area contributed by atoms with Crippen LogP contribution in [0.25, 0.3) is 0 Å². The zero-order valence-corrected chi connectivity index (χ0v) is 15.0. The zero-order chi connectivity index (χ0) is 16.7. The highest BCUT2D eigenvalue weighted by molar-refractivity contribution is 7.91. The Morgan fingerprint density at radius 1 is 1.33 bits per heavy atom. The number of carbonyl (C=O) groups is 1. The monoisotopic (exact) mass is 353 g/mol. The van der Waals surface area contributed by atoms with Gasteiger partial charge in [-0.3, -0.25) is 9.69 Å². The van der Waals surface area contributed by atoms with Gasteiger partial charge in [0.25, 0.3) is 0 Å². The molecule has 1 amide bonds. The van der Waals surface area contributed by atoms with Crippen LogP contribution in [0, 0.1) is 11.8 Å². The van der Waals surface area contributed by atoms with E-state index in [2.05, 4.69) is 22.6 Å². The molecule has 3 atom stereocenters. The zero-order valence-electron chi connectivity index (χ0n) is 14.2. The number of likely N-dealkylation sites (tertiary alicyclic amines) is 1. The number of rotatable bonds is 4. The fourth-order valence-corrected chi connectivity index (χ4v) is 5.26. The number of hydroxylamine groups is 1. The van der Waals surface area contributed by atoms with E-state index in [1.807, 2.05) is 6.08 Å². The molecule has 3 heterocycles. The molecule has 3 unspecified atom stereocenters. The first-order valence-electron chi connectivity index (χ1n) is 9.13. The Bertz CT molecular complexity index is 517. The van der Waals surface area contributed by atoms with Crippen LogP contribution < -0.4 is 10.8 Å². The minimum atomic E-state index is -0.617. The standard InChI is InChI=1S/C17H27N3O3S/c1-11-9-20(13-4-6-24(22)7-5-13)10-15(11)18-17(21)14-8-16(23-19-14)12-2-3-12/h8,11-15,19H,2-7,9-10H2,1H3,(H,18,21). The van der Waals surface area contributed by atoms with E-state index in [-0.39, 0.29) is 18.0 Å². The third-order valence-corrected chi connectivity index (χ3v) is 7.12. The summed E-state index contributed by atoms with van der Waals surface area (Å²) in [6, 6.07) is 0.352. The molecule has 4 aliphatic rings. The summed E-state index contributed by atoms with van der Waals surface area (Å²) in [5.41, 5.74) is 2.84. The first-order valence-corrected chi connectivity index (χ1v) is 10.6. The van der Waals surface area contributed by atoms with Crippen molar-refractivity contribution >= 4 is 17.1 Å². The molecule has 0 aromatic rings. The van der Waals surface area contributed by atoms with Gasteiger partial charge in [-0.1, -0.05) is 18.1 Å². The van der Waals surface area contributed by atoms with Gasteiger partial charge < -0.3 is 14.7 Å². The first-order chi connectivity index (χ1) is 11.6. The minimum absolute atomic E-state index is 0.00842. The lowest BCUT2D eigenvalue weighted by atomic mass is 10.1. The van der Waals surface area contributed by atoms with Gasteiger partial charge in [0, 0.05) is 43.9 Å². The lowest BCUT2D eigenvalue weighted by Crippen LogP contribution is -2.48. The predicted molar refractivity (Wildman–Crippen MR) is 92.4 cm³/mol. The van der Waals surface area contributed by atoms with Crippen molar-refractivity contribution in [3.63, 3.8) is 0 Å². The van der Waals surface area contributed by atoms with Crippen molar-refractivity contribution in [2.75, 3.05) is 24.6 Å². The Kier molecular flexibility index (Phi) is 4.77. The number of nitrogens with zero attached hydrogens (tertiary/aromatic N) is 1. The SMILES string of the molecule is CC1CN(C2CC[S+]([O-])CC2)CC1NC(=O)C1C=C(C2CC2)ON1. The molecule has 6 nitrogen and oxygen atoms in total. The molecule has 0 spiro atoms. The summed E-state index contributed by atoms with van der Waals surface area (Å²) in [5, 5.41) is 3.20. The van der Waals surface area contributed by atoms with Crippen LogP contribution in [0.5, 0.6) is 0 Å². The van der Waals surface area contributed by atoms with E-state index < -0.39 is 11.2 Å². The molecular weight excluding hydrogens is 326 g/mol. The van der Waals surface area contributed by atoms with Gasteiger partial charge in [0.2, 0.25) is 5.91 Å². The van der Waals surface area contributed by atoms with Crippen molar-refractivity contribution in [2.45, 2.75) is 50.7 Å². The summed E-state index contributed by atoms with van der Waals surface area (Å²) in [4.78, 5) is 20.4. The van der Waals surface area contributed by atoms with Gasteiger partial charge in [0.15, 0.2) is 0 Å². The molecule has 4 rings (SSSR count). The Morgan fingerprint density at radius 2 is 2.08 bits per heavy atom. The maximum Gasteiger partial charge on any atom is 0.244 e. The average Bonchev–Trinajstić information content (AvgIpc) is 3.19. The van der Waals surface area contributed by atoms with E-state index in [0.29, 0.717) is 17.9 Å². The highest BCUT2D eigenvalue weighted by atomic mass is 32.2. The predicted octanol–water partition coefficient (Wildman–Crippen LogP) is 0.531. The van der Waals surface area contributed by atoms with Gasteiger partial charge in [-0.05, 0) is 24.8 Å². The lowest BCUT2D eigenvalue weighted by Gasteiger charge is -2.31. The fraction of sp³-hybridized carbons (Fsp3) is 0.824. The second kappa shape index (κ2) is 6.86. The lowest BCUT2D eigenvalue weighted by molar-refractivity contribution is -0.124. The smallest absolute Gasteiger partial charge is 0.244 e.